The van der Waals surface area contributed by atoms with Gasteiger partial charge in [0.05, 0.1) is 4.34 Å². The lowest BCUT2D eigenvalue weighted by Gasteiger charge is -2.19. The Hall–Kier alpha value is -0.0500. The predicted molar refractivity (Wildman–Crippen MR) is 69.9 cm³/mol. The fourth-order valence-electron chi connectivity index (χ4n) is 1.63. The number of hydrogen-bond acceptors (Lipinski definition) is 2. The Balaban J connectivity index is 2.62. The van der Waals surface area contributed by atoms with E-state index in [1.54, 1.807) is 11.3 Å². The summed E-state index contributed by atoms with van der Waals surface area (Å²) in [7, 11) is 0. The molecule has 0 aliphatic heterocycles. The monoisotopic (exact) mass is 245 g/mol. The van der Waals surface area contributed by atoms with E-state index in [2.05, 4.69) is 32.2 Å². The molecule has 0 fully saturated rings. The third-order valence-electron chi connectivity index (χ3n) is 2.32. The van der Waals surface area contributed by atoms with Gasteiger partial charge in [-0.05, 0) is 18.6 Å². The first-order valence-electron chi connectivity index (χ1n) is 5.64. The number of hydrogen-bond donors (Lipinski definition) is 1. The first kappa shape index (κ1) is 13.0. The summed E-state index contributed by atoms with van der Waals surface area (Å²) >= 11 is 7.66. The van der Waals surface area contributed by atoms with Gasteiger partial charge in [-0.2, -0.15) is 0 Å². The topological polar surface area (TPSA) is 12.0 Å². The van der Waals surface area contributed by atoms with E-state index in [4.69, 9.17) is 11.6 Å². The van der Waals surface area contributed by atoms with Gasteiger partial charge >= 0.3 is 0 Å². The first-order valence-corrected chi connectivity index (χ1v) is 6.84. The summed E-state index contributed by atoms with van der Waals surface area (Å²) in [6.45, 7) is 6.61. The second-order valence-corrected chi connectivity index (χ2v) is 5.90. The van der Waals surface area contributed by atoms with E-state index in [-0.39, 0.29) is 0 Å². The van der Waals surface area contributed by atoms with Crippen LogP contribution in [-0.2, 0) is 0 Å². The zero-order valence-corrected chi connectivity index (χ0v) is 11.3. The molecule has 1 aromatic rings. The Labute approximate surface area is 102 Å². The Morgan fingerprint density at radius 2 is 2.13 bits per heavy atom. The molecule has 1 aromatic heterocycles. The van der Waals surface area contributed by atoms with Gasteiger partial charge in [0, 0.05) is 17.0 Å². The van der Waals surface area contributed by atoms with Crippen LogP contribution in [0.15, 0.2) is 12.1 Å². The van der Waals surface area contributed by atoms with Crippen molar-refractivity contribution in [2.75, 3.05) is 0 Å². The molecule has 3 heteroatoms. The van der Waals surface area contributed by atoms with Gasteiger partial charge in [0.15, 0.2) is 0 Å². The van der Waals surface area contributed by atoms with E-state index in [0.717, 1.165) is 4.34 Å². The lowest BCUT2D eigenvalue weighted by molar-refractivity contribution is 0.445. The molecular weight excluding hydrogens is 226 g/mol. The van der Waals surface area contributed by atoms with Crippen molar-refractivity contribution in [1.29, 1.82) is 0 Å². The van der Waals surface area contributed by atoms with Crippen molar-refractivity contribution in [3.8, 4) is 0 Å². The molecule has 1 unspecified atom stereocenters. The molecule has 15 heavy (non-hydrogen) atoms. The quantitative estimate of drug-likeness (QED) is 0.771. The van der Waals surface area contributed by atoms with Crippen LogP contribution in [0.4, 0.5) is 0 Å². The molecule has 1 atom stereocenters. The van der Waals surface area contributed by atoms with Crippen molar-refractivity contribution in [3.63, 3.8) is 0 Å². The maximum atomic E-state index is 5.97. The zero-order valence-electron chi connectivity index (χ0n) is 9.72. The van der Waals surface area contributed by atoms with Gasteiger partial charge in [0.25, 0.3) is 0 Å². The average Bonchev–Trinajstić information content (AvgIpc) is 2.58. The molecule has 0 saturated carbocycles. The van der Waals surface area contributed by atoms with Crippen molar-refractivity contribution in [3.05, 3.63) is 21.3 Å². The normalized spacial score (nSPS) is 13.4. The standard InChI is InChI=1S/C12H20ClNS/c1-4-5-6-10(14-9(2)3)11-7-8-12(13)15-11/h7-10,14H,4-6H2,1-3H3. The SMILES string of the molecule is CCCCC(NC(C)C)c1ccc(Cl)s1. The van der Waals surface area contributed by atoms with Crippen LogP contribution in [0.25, 0.3) is 0 Å². The molecule has 0 amide bonds. The van der Waals surface area contributed by atoms with Gasteiger partial charge in [0.1, 0.15) is 0 Å². The number of nitrogens with one attached hydrogen (secondary N) is 1. The summed E-state index contributed by atoms with van der Waals surface area (Å²) in [6.07, 6.45) is 3.71. The van der Waals surface area contributed by atoms with Gasteiger partial charge in [0.2, 0.25) is 0 Å². The lowest BCUT2D eigenvalue weighted by Crippen LogP contribution is -2.27. The van der Waals surface area contributed by atoms with Crippen molar-refractivity contribution in [2.24, 2.45) is 0 Å². The third-order valence-corrected chi connectivity index (χ3v) is 3.66. The molecule has 1 N–H and O–H groups in total. The molecule has 0 saturated heterocycles. The van der Waals surface area contributed by atoms with Crippen molar-refractivity contribution >= 4 is 22.9 Å². The minimum absolute atomic E-state index is 0.474. The zero-order chi connectivity index (χ0) is 11.3. The number of unbranched alkanes of at least 4 members (excludes halogenated alkanes) is 1. The predicted octanol–water partition coefficient (Wildman–Crippen LogP) is 4.63. The van der Waals surface area contributed by atoms with Crippen molar-refractivity contribution in [2.45, 2.75) is 52.1 Å². The highest BCUT2D eigenvalue weighted by atomic mass is 35.5. The van der Waals surface area contributed by atoms with Gasteiger partial charge in [-0.1, -0.05) is 45.2 Å². The fraction of sp³-hybridized carbons (Fsp3) is 0.667. The molecule has 0 radical (unpaired) electrons. The molecule has 1 heterocycles. The van der Waals surface area contributed by atoms with Crippen LogP contribution in [0, 0.1) is 0 Å². The highest BCUT2D eigenvalue weighted by molar-refractivity contribution is 7.16. The number of rotatable bonds is 6. The van der Waals surface area contributed by atoms with Crippen LogP contribution in [0.3, 0.4) is 0 Å². The largest absolute Gasteiger partial charge is 0.307 e. The maximum Gasteiger partial charge on any atom is 0.0931 e. The minimum atomic E-state index is 0.474. The van der Waals surface area contributed by atoms with E-state index >= 15 is 0 Å². The van der Waals surface area contributed by atoms with Crippen LogP contribution in [0.2, 0.25) is 4.34 Å². The van der Waals surface area contributed by atoms with E-state index in [1.807, 2.05) is 6.07 Å². The third kappa shape index (κ3) is 4.54. The van der Waals surface area contributed by atoms with E-state index in [9.17, 15) is 0 Å². The summed E-state index contributed by atoms with van der Waals surface area (Å²) in [5.41, 5.74) is 0. The van der Waals surface area contributed by atoms with Crippen LogP contribution in [-0.4, -0.2) is 6.04 Å². The van der Waals surface area contributed by atoms with Gasteiger partial charge < -0.3 is 5.32 Å². The Morgan fingerprint density at radius 3 is 2.60 bits per heavy atom. The molecule has 1 nitrogen and oxygen atoms in total. The van der Waals surface area contributed by atoms with E-state index < -0.39 is 0 Å². The van der Waals surface area contributed by atoms with E-state index in [1.165, 1.54) is 24.1 Å². The van der Waals surface area contributed by atoms with Crippen molar-refractivity contribution in [1.82, 2.24) is 5.32 Å². The highest BCUT2D eigenvalue weighted by Crippen LogP contribution is 2.29. The summed E-state index contributed by atoms with van der Waals surface area (Å²) in [6, 6.07) is 5.13. The van der Waals surface area contributed by atoms with Crippen LogP contribution in [0.5, 0.6) is 0 Å². The molecule has 0 spiro atoms. The summed E-state index contributed by atoms with van der Waals surface area (Å²) in [5, 5.41) is 3.60. The van der Waals surface area contributed by atoms with Gasteiger partial charge in [-0.15, -0.1) is 11.3 Å². The second kappa shape index (κ2) is 6.51. The molecule has 0 aromatic carbocycles. The van der Waals surface area contributed by atoms with Crippen LogP contribution < -0.4 is 5.32 Å². The second-order valence-electron chi connectivity index (χ2n) is 4.16. The van der Waals surface area contributed by atoms with Gasteiger partial charge in [-0.3, -0.25) is 0 Å². The van der Waals surface area contributed by atoms with Crippen LogP contribution >= 0.6 is 22.9 Å². The maximum absolute atomic E-state index is 5.97. The Bertz CT molecular complexity index is 283. The molecule has 1 rings (SSSR count). The summed E-state index contributed by atoms with van der Waals surface area (Å²) < 4.78 is 0.886. The fourth-order valence-corrected chi connectivity index (χ4v) is 2.79. The molecule has 0 bridgehead atoms. The van der Waals surface area contributed by atoms with Crippen LogP contribution in [0.1, 0.15) is 51.0 Å². The molecule has 86 valence electrons. The van der Waals surface area contributed by atoms with Gasteiger partial charge in [-0.25, -0.2) is 0 Å². The molecular formula is C12H20ClNS. The highest BCUT2D eigenvalue weighted by Gasteiger charge is 2.13. The smallest absolute Gasteiger partial charge is 0.0931 e. The summed E-state index contributed by atoms with van der Waals surface area (Å²) in [5.74, 6) is 0. The molecule has 0 aliphatic carbocycles. The van der Waals surface area contributed by atoms with E-state index in [0.29, 0.717) is 12.1 Å². The average molecular weight is 246 g/mol. The minimum Gasteiger partial charge on any atom is -0.307 e. The Kier molecular flexibility index (Phi) is 5.65. The number of halogens is 1. The lowest BCUT2D eigenvalue weighted by atomic mass is 10.1. The molecule has 0 aliphatic rings. The summed E-state index contributed by atoms with van der Waals surface area (Å²) in [4.78, 5) is 1.36. The Morgan fingerprint density at radius 1 is 1.40 bits per heavy atom. The van der Waals surface area contributed by atoms with Crippen molar-refractivity contribution < 1.29 is 0 Å². The first-order chi connectivity index (χ1) is 7.13. The number of thiophene rings is 1.